The minimum Gasteiger partial charge on any atom is -0.486 e. The lowest BCUT2D eigenvalue weighted by molar-refractivity contribution is -0.102. The Morgan fingerprint density at radius 1 is 1.21 bits per heavy atom. The summed E-state index contributed by atoms with van der Waals surface area (Å²) in [5.41, 5.74) is 2.76. The highest BCUT2D eigenvalue weighted by atomic mass is 16.6. The summed E-state index contributed by atoms with van der Waals surface area (Å²) in [4.78, 5) is 2.63. The average molecular weight is 331 g/mol. The van der Waals surface area contributed by atoms with Crippen LogP contribution in [-0.2, 0) is 16.7 Å². The van der Waals surface area contributed by atoms with Gasteiger partial charge in [-0.2, -0.15) is 0 Å². The highest BCUT2D eigenvalue weighted by Crippen LogP contribution is 2.56. The summed E-state index contributed by atoms with van der Waals surface area (Å²) in [7, 11) is 1.72. The maximum atomic E-state index is 10.5. The Morgan fingerprint density at radius 3 is 2.79 bits per heavy atom. The van der Waals surface area contributed by atoms with Crippen LogP contribution in [0.2, 0.25) is 0 Å². The van der Waals surface area contributed by atoms with Gasteiger partial charge in [0.05, 0.1) is 17.7 Å². The zero-order valence-corrected chi connectivity index (χ0v) is 14.2. The summed E-state index contributed by atoms with van der Waals surface area (Å²) in [6.45, 7) is 3.44. The lowest BCUT2D eigenvalue weighted by atomic mass is 9.65. The van der Waals surface area contributed by atoms with Gasteiger partial charge in [-0.3, -0.25) is 4.90 Å². The first kappa shape index (κ1) is 15.0. The number of nitrogens with zero attached hydrogens (tertiary/aromatic N) is 1. The van der Waals surface area contributed by atoms with Crippen molar-refractivity contribution in [3.05, 3.63) is 23.3 Å². The van der Waals surface area contributed by atoms with Crippen LogP contribution >= 0.6 is 0 Å². The van der Waals surface area contributed by atoms with Crippen LogP contribution in [0.15, 0.2) is 12.1 Å². The molecule has 1 spiro atoms. The number of hydrogen-bond donors (Lipinski definition) is 1. The molecule has 5 rings (SSSR count). The quantitative estimate of drug-likeness (QED) is 0.849. The molecule has 0 radical (unpaired) electrons. The van der Waals surface area contributed by atoms with Gasteiger partial charge in [-0.25, -0.2) is 0 Å². The van der Waals surface area contributed by atoms with Crippen molar-refractivity contribution in [2.45, 2.75) is 43.4 Å². The number of rotatable bonds is 1. The first-order valence-electron chi connectivity index (χ1n) is 9.11. The van der Waals surface area contributed by atoms with Crippen molar-refractivity contribution in [3.63, 3.8) is 0 Å². The molecular weight excluding hydrogens is 306 g/mol. The summed E-state index contributed by atoms with van der Waals surface area (Å²) < 4.78 is 17.3. The first-order chi connectivity index (χ1) is 11.7. The molecule has 1 saturated heterocycles. The molecule has 4 aliphatic rings. The van der Waals surface area contributed by atoms with Crippen LogP contribution in [0.5, 0.6) is 11.5 Å². The predicted octanol–water partition coefficient (Wildman–Crippen LogP) is 1.70. The molecule has 1 aromatic carbocycles. The van der Waals surface area contributed by atoms with Crippen LogP contribution < -0.4 is 9.47 Å². The Kier molecular flexibility index (Phi) is 3.34. The fourth-order valence-corrected chi connectivity index (χ4v) is 5.55. The molecular formula is C19H25NO4. The van der Waals surface area contributed by atoms with E-state index in [2.05, 4.69) is 17.0 Å². The van der Waals surface area contributed by atoms with Gasteiger partial charge in [0, 0.05) is 13.7 Å². The molecule has 0 amide bonds. The second kappa shape index (κ2) is 5.35. The number of fused-ring (bicyclic) bond motifs is 2. The Labute approximate surface area is 142 Å². The second-order valence-electron chi connectivity index (χ2n) is 7.58. The summed E-state index contributed by atoms with van der Waals surface area (Å²) in [6, 6.07) is 4.41. The minimum absolute atomic E-state index is 0.0106. The van der Waals surface area contributed by atoms with E-state index in [1.54, 1.807) is 7.11 Å². The van der Waals surface area contributed by atoms with Crippen LogP contribution in [0.25, 0.3) is 0 Å². The van der Waals surface area contributed by atoms with Crippen molar-refractivity contribution in [3.8, 4) is 11.5 Å². The number of ether oxygens (including phenoxy) is 3. The topological polar surface area (TPSA) is 51.2 Å². The van der Waals surface area contributed by atoms with Crippen LogP contribution in [-0.4, -0.2) is 55.6 Å². The molecule has 1 N–H and O–H groups in total. The van der Waals surface area contributed by atoms with Gasteiger partial charge in [0.1, 0.15) is 13.2 Å². The van der Waals surface area contributed by atoms with Gasteiger partial charge in [-0.05, 0) is 61.4 Å². The normalized spacial score (nSPS) is 37.5. The molecule has 130 valence electrons. The van der Waals surface area contributed by atoms with Gasteiger partial charge in [-0.1, -0.05) is 0 Å². The van der Waals surface area contributed by atoms with Gasteiger partial charge < -0.3 is 19.3 Å². The summed E-state index contributed by atoms with van der Waals surface area (Å²) in [5.74, 6) is 2.25. The Balaban J connectivity index is 1.65. The number of aliphatic hydroxyl groups excluding tert-OH is 1. The van der Waals surface area contributed by atoms with E-state index in [4.69, 9.17) is 14.2 Å². The van der Waals surface area contributed by atoms with E-state index in [9.17, 15) is 5.11 Å². The van der Waals surface area contributed by atoms with E-state index in [1.807, 2.05) is 0 Å². The van der Waals surface area contributed by atoms with E-state index >= 15 is 0 Å². The Morgan fingerprint density at radius 2 is 2.00 bits per heavy atom. The van der Waals surface area contributed by atoms with Gasteiger partial charge in [0.2, 0.25) is 0 Å². The fourth-order valence-electron chi connectivity index (χ4n) is 5.55. The standard InChI is InChI=1S/C19H25NO4/c1-22-18-11-19-13(9-15(18)21)3-5-20(19)4-2-12-8-16-17(10-14(12)19)24-7-6-23-16/h8,10,13,15,18,21H,2-7,9,11H2,1H3. The number of methoxy groups -OCH3 is 1. The molecule has 24 heavy (non-hydrogen) atoms. The summed E-state index contributed by atoms with van der Waals surface area (Å²) >= 11 is 0. The first-order valence-corrected chi connectivity index (χ1v) is 9.11. The number of benzene rings is 1. The summed E-state index contributed by atoms with van der Waals surface area (Å²) in [6.07, 6.45) is 3.45. The molecule has 0 bridgehead atoms. The molecule has 1 aliphatic carbocycles. The Hall–Kier alpha value is -1.30. The highest BCUT2D eigenvalue weighted by molar-refractivity contribution is 5.52. The van der Waals surface area contributed by atoms with Crippen molar-refractivity contribution < 1.29 is 19.3 Å². The van der Waals surface area contributed by atoms with E-state index in [0.29, 0.717) is 19.1 Å². The van der Waals surface area contributed by atoms with Crippen molar-refractivity contribution in [1.82, 2.24) is 4.90 Å². The second-order valence-corrected chi connectivity index (χ2v) is 7.58. The Bertz CT molecular complexity index is 663. The molecule has 2 fully saturated rings. The molecule has 1 saturated carbocycles. The fraction of sp³-hybridized carbons (Fsp3) is 0.684. The molecule has 3 aliphatic heterocycles. The molecule has 0 aromatic heterocycles. The van der Waals surface area contributed by atoms with E-state index < -0.39 is 0 Å². The number of hydrogen-bond acceptors (Lipinski definition) is 5. The molecule has 4 atom stereocenters. The highest BCUT2D eigenvalue weighted by Gasteiger charge is 2.57. The molecule has 1 aromatic rings. The van der Waals surface area contributed by atoms with Crippen molar-refractivity contribution >= 4 is 0 Å². The van der Waals surface area contributed by atoms with Crippen molar-refractivity contribution in [2.75, 3.05) is 33.4 Å². The largest absolute Gasteiger partial charge is 0.486 e. The smallest absolute Gasteiger partial charge is 0.161 e. The van der Waals surface area contributed by atoms with Gasteiger partial charge in [-0.15, -0.1) is 0 Å². The summed E-state index contributed by atoms with van der Waals surface area (Å²) in [5, 5.41) is 10.5. The third kappa shape index (κ3) is 1.92. The van der Waals surface area contributed by atoms with Crippen molar-refractivity contribution in [1.29, 1.82) is 0 Å². The SMILES string of the molecule is COC1CC23c4cc5c(cc4CCN2CCC3CC1O)OCCO5. The van der Waals surface area contributed by atoms with E-state index in [-0.39, 0.29) is 17.7 Å². The van der Waals surface area contributed by atoms with Crippen molar-refractivity contribution in [2.24, 2.45) is 5.92 Å². The zero-order chi connectivity index (χ0) is 16.3. The number of aliphatic hydroxyl groups is 1. The molecule has 3 heterocycles. The third-order valence-corrected chi connectivity index (χ3v) is 6.64. The van der Waals surface area contributed by atoms with E-state index in [1.165, 1.54) is 11.1 Å². The van der Waals surface area contributed by atoms with Gasteiger partial charge in [0.25, 0.3) is 0 Å². The molecule has 5 nitrogen and oxygen atoms in total. The lowest BCUT2D eigenvalue weighted by Crippen LogP contribution is -2.56. The van der Waals surface area contributed by atoms with Crippen LogP contribution in [0.4, 0.5) is 0 Å². The van der Waals surface area contributed by atoms with Crippen LogP contribution in [0.3, 0.4) is 0 Å². The third-order valence-electron chi connectivity index (χ3n) is 6.64. The maximum Gasteiger partial charge on any atom is 0.161 e. The van der Waals surface area contributed by atoms with E-state index in [0.717, 1.165) is 50.3 Å². The molecule has 5 heteroatoms. The van der Waals surface area contributed by atoms with Crippen LogP contribution in [0.1, 0.15) is 30.4 Å². The van der Waals surface area contributed by atoms with Crippen LogP contribution in [0, 0.1) is 5.92 Å². The minimum atomic E-state index is -0.354. The zero-order valence-electron chi connectivity index (χ0n) is 14.2. The maximum absolute atomic E-state index is 10.5. The van der Waals surface area contributed by atoms with Gasteiger partial charge in [0.15, 0.2) is 11.5 Å². The monoisotopic (exact) mass is 331 g/mol. The lowest BCUT2D eigenvalue weighted by Gasteiger charge is -2.52. The van der Waals surface area contributed by atoms with Gasteiger partial charge >= 0.3 is 0 Å². The predicted molar refractivity (Wildman–Crippen MR) is 88.5 cm³/mol. The average Bonchev–Trinajstić information content (AvgIpc) is 2.98. The molecule has 4 unspecified atom stereocenters.